The number of carbonyl (C=O) groups is 1. The van der Waals surface area contributed by atoms with Crippen molar-refractivity contribution in [2.75, 3.05) is 13.2 Å². The molecule has 5 heteroatoms. The van der Waals surface area contributed by atoms with Crippen LogP contribution in [0.25, 0.3) is 0 Å². The molecule has 0 aromatic carbocycles. The van der Waals surface area contributed by atoms with Crippen LogP contribution in [0.2, 0.25) is 0 Å². The molecule has 104 valence electrons. The van der Waals surface area contributed by atoms with Crippen LogP contribution in [0.15, 0.2) is 10.6 Å². The molecule has 1 aliphatic carbocycles. The molecule has 1 aliphatic heterocycles. The van der Waals surface area contributed by atoms with Crippen molar-refractivity contribution in [3.8, 4) is 0 Å². The standard InChI is InChI=1S/C14H20N2O3/c17-9-11-4-2-1-3-7-16(11)14(18)12-8-13(19-15-12)10-5-6-10/h8,10-11,17H,1-7,9H2. The quantitative estimate of drug-likeness (QED) is 0.905. The van der Waals surface area contributed by atoms with Gasteiger partial charge in [-0.1, -0.05) is 18.0 Å². The van der Waals surface area contributed by atoms with Gasteiger partial charge in [-0.3, -0.25) is 4.79 Å². The van der Waals surface area contributed by atoms with Crippen molar-refractivity contribution in [3.05, 3.63) is 17.5 Å². The fourth-order valence-corrected chi connectivity index (χ4v) is 2.73. The number of nitrogens with zero attached hydrogens (tertiary/aromatic N) is 2. The third kappa shape index (κ3) is 2.66. The van der Waals surface area contributed by atoms with Crippen LogP contribution < -0.4 is 0 Å². The van der Waals surface area contributed by atoms with Gasteiger partial charge in [-0.15, -0.1) is 0 Å². The van der Waals surface area contributed by atoms with E-state index in [1.54, 1.807) is 11.0 Å². The summed E-state index contributed by atoms with van der Waals surface area (Å²) in [5.74, 6) is 1.20. The third-order valence-electron chi connectivity index (χ3n) is 4.08. The summed E-state index contributed by atoms with van der Waals surface area (Å²) in [6, 6.07) is 1.70. The Bertz CT molecular complexity index is 453. The summed E-state index contributed by atoms with van der Waals surface area (Å²) in [5.41, 5.74) is 0.391. The van der Waals surface area contributed by atoms with Gasteiger partial charge in [-0.2, -0.15) is 0 Å². The molecule has 0 spiro atoms. The van der Waals surface area contributed by atoms with Gasteiger partial charge < -0.3 is 14.5 Å². The molecule has 1 saturated carbocycles. The number of likely N-dealkylation sites (tertiary alicyclic amines) is 1. The number of aliphatic hydroxyl groups excluding tert-OH is 1. The molecule has 0 bridgehead atoms. The molecule has 5 nitrogen and oxygen atoms in total. The number of carbonyl (C=O) groups excluding carboxylic acids is 1. The maximum Gasteiger partial charge on any atom is 0.276 e. The molecule has 1 aromatic rings. The van der Waals surface area contributed by atoms with E-state index in [2.05, 4.69) is 5.16 Å². The SMILES string of the molecule is O=C(c1cc(C2CC2)on1)N1CCCCCC1CO. The van der Waals surface area contributed by atoms with Crippen molar-refractivity contribution < 1.29 is 14.4 Å². The summed E-state index contributed by atoms with van der Waals surface area (Å²) in [4.78, 5) is 14.2. The Kier molecular flexibility index (Phi) is 3.55. The Morgan fingerprint density at radius 3 is 2.95 bits per heavy atom. The Morgan fingerprint density at radius 1 is 1.37 bits per heavy atom. The van der Waals surface area contributed by atoms with Crippen LogP contribution in [0.5, 0.6) is 0 Å². The molecular weight excluding hydrogens is 244 g/mol. The van der Waals surface area contributed by atoms with Crippen LogP contribution in [0, 0.1) is 0 Å². The molecule has 0 radical (unpaired) electrons. The zero-order valence-corrected chi connectivity index (χ0v) is 11.0. The molecule has 2 heterocycles. The first-order chi connectivity index (χ1) is 9.29. The predicted molar refractivity (Wildman–Crippen MR) is 68.9 cm³/mol. The van der Waals surface area contributed by atoms with Gasteiger partial charge >= 0.3 is 0 Å². The molecule has 1 aromatic heterocycles. The topological polar surface area (TPSA) is 66.6 Å². The monoisotopic (exact) mass is 264 g/mol. The zero-order valence-electron chi connectivity index (χ0n) is 11.0. The van der Waals surface area contributed by atoms with Crippen LogP contribution in [-0.2, 0) is 0 Å². The van der Waals surface area contributed by atoms with Gasteiger partial charge in [0.1, 0.15) is 5.76 Å². The highest BCUT2D eigenvalue weighted by molar-refractivity contribution is 5.92. The molecule has 1 atom stereocenters. The fourth-order valence-electron chi connectivity index (χ4n) is 2.73. The van der Waals surface area contributed by atoms with E-state index >= 15 is 0 Å². The second-order valence-electron chi connectivity index (χ2n) is 5.57. The second-order valence-corrected chi connectivity index (χ2v) is 5.57. The highest BCUT2D eigenvalue weighted by Crippen LogP contribution is 2.40. The Morgan fingerprint density at radius 2 is 2.21 bits per heavy atom. The van der Waals surface area contributed by atoms with Crippen molar-refractivity contribution in [2.45, 2.75) is 50.5 Å². The number of aliphatic hydroxyl groups is 1. The average Bonchev–Trinajstić information content (AvgIpc) is 3.21. The Hall–Kier alpha value is -1.36. The molecule has 1 unspecified atom stereocenters. The van der Waals surface area contributed by atoms with Gasteiger partial charge in [-0.25, -0.2) is 0 Å². The number of rotatable bonds is 3. The van der Waals surface area contributed by atoms with Gasteiger partial charge in [0.05, 0.1) is 12.6 Å². The van der Waals surface area contributed by atoms with Crippen LogP contribution in [0.3, 0.4) is 0 Å². The van der Waals surface area contributed by atoms with Crippen molar-refractivity contribution in [1.82, 2.24) is 10.1 Å². The normalized spacial score (nSPS) is 24.3. The van der Waals surface area contributed by atoms with Gasteiger partial charge in [0, 0.05) is 18.5 Å². The van der Waals surface area contributed by atoms with Gasteiger partial charge in [-0.05, 0) is 25.7 Å². The molecule has 2 fully saturated rings. The van der Waals surface area contributed by atoms with Crippen molar-refractivity contribution in [2.24, 2.45) is 0 Å². The smallest absolute Gasteiger partial charge is 0.276 e. The zero-order chi connectivity index (χ0) is 13.2. The number of hydrogen-bond acceptors (Lipinski definition) is 4. The molecule has 3 rings (SSSR count). The van der Waals surface area contributed by atoms with E-state index in [1.165, 1.54) is 0 Å². The largest absolute Gasteiger partial charge is 0.394 e. The lowest BCUT2D eigenvalue weighted by atomic mass is 10.1. The van der Waals surface area contributed by atoms with Crippen LogP contribution in [-0.4, -0.2) is 40.3 Å². The first-order valence-corrected chi connectivity index (χ1v) is 7.18. The van der Waals surface area contributed by atoms with Gasteiger partial charge in [0.25, 0.3) is 5.91 Å². The minimum atomic E-state index is -0.100. The fraction of sp³-hybridized carbons (Fsp3) is 0.714. The molecule has 1 saturated heterocycles. The summed E-state index contributed by atoms with van der Waals surface area (Å²) in [6.07, 6.45) is 6.32. The summed E-state index contributed by atoms with van der Waals surface area (Å²) in [7, 11) is 0. The highest BCUT2D eigenvalue weighted by Gasteiger charge is 2.31. The van der Waals surface area contributed by atoms with E-state index in [-0.39, 0.29) is 18.6 Å². The van der Waals surface area contributed by atoms with Crippen LogP contribution in [0.4, 0.5) is 0 Å². The van der Waals surface area contributed by atoms with Crippen LogP contribution >= 0.6 is 0 Å². The van der Waals surface area contributed by atoms with Crippen LogP contribution in [0.1, 0.15) is 60.7 Å². The maximum absolute atomic E-state index is 12.5. The maximum atomic E-state index is 12.5. The summed E-state index contributed by atoms with van der Waals surface area (Å²) >= 11 is 0. The van der Waals surface area contributed by atoms with E-state index < -0.39 is 0 Å². The predicted octanol–water partition coefficient (Wildman–Crippen LogP) is 1.93. The number of hydrogen-bond donors (Lipinski definition) is 1. The van der Waals surface area contributed by atoms with E-state index in [0.717, 1.165) is 44.3 Å². The Balaban J connectivity index is 1.75. The van der Waals surface area contributed by atoms with Crippen molar-refractivity contribution >= 4 is 5.91 Å². The van der Waals surface area contributed by atoms with E-state index in [4.69, 9.17) is 4.52 Å². The lowest BCUT2D eigenvalue weighted by molar-refractivity contribution is 0.0589. The Labute approximate surface area is 112 Å². The van der Waals surface area contributed by atoms with E-state index in [1.807, 2.05) is 0 Å². The second kappa shape index (κ2) is 5.33. The summed E-state index contributed by atoms with van der Waals surface area (Å²) < 4.78 is 5.24. The lowest BCUT2D eigenvalue weighted by Gasteiger charge is -2.27. The summed E-state index contributed by atoms with van der Waals surface area (Å²) in [5, 5.41) is 13.4. The summed E-state index contributed by atoms with van der Waals surface area (Å²) in [6.45, 7) is 0.731. The van der Waals surface area contributed by atoms with Gasteiger partial charge in [0.15, 0.2) is 5.69 Å². The number of aromatic nitrogens is 1. The molecular formula is C14H20N2O3. The molecule has 19 heavy (non-hydrogen) atoms. The molecule has 1 N–H and O–H groups in total. The first kappa shape index (κ1) is 12.7. The van der Waals surface area contributed by atoms with E-state index in [0.29, 0.717) is 18.2 Å². The minimum Gasteiger partial charge on any atom is -0.394 e. The van der Waals surface area contributed by atoms with Crippen molar-refractivity contribution in [1.29, 1.82) is 0 Å². The van der Waals surface area contributed by atoms with E-state index in [9.17, 15) is 9.90 Å². The first-order valence-electron chi connectivity index (χ1n) is 7.18. The highest BCUT2D eigenvalue weighted by atomic mass is 16.5. The number of amides is 1. The van der Waals surface area contributed by atoms with Crippen molar-refractivity contribution in [3.63, 3.8) is 0 Å². The van der Waals surface area contributed by atoms with Gasteiger partial charge in [0.2, 0.25) is 0 Å². The molecule has 2 aliphatic rings. The minimum absolute atomic E-state index is 0.0269. The molecule has 1 amide bonds. The third-order valence-corrected chi connectivity index (χ3v) is 4.08. The lowest BCUT2D eigenvalue weighted by Crippen LogP contribution is -2.42. The average molecular weight is 264 g/mol.